The largest absolute Gasteiger partial charge is 0.508 e. The summed E-state index contributed by atoms with van der Waals surface area (Å²) in [5.41, 5.74) is 7.47. The van der Waals surface area contributed by atoms with Crippen LogP contribution in [0.4, 0.5) is 5.82 Å². The van der Waals surface area contributed by atoms with Crippen molar-refractivity contribution in [3.63, 3.8) is 0 Å². The quantitative estimate of drug-likeness (QED) is 0.744. The molecule has 0 saturated heterocycles. The van der Waals surface area contributed by atoms with E-state index in [-0.39, 0.29) is 5.75 Å². The number of methoxy groups -OCH3 is 1. The molecule has 1 unspecified atom stereocenters. The second-order valence-corrected chi connectivity index (χ2v) is 4.26. The minimum Gasteiger partial charge on any atom is -0.508 e. The van der Waals surface area contributed by atoms with E-state index >= 15 is 0 Å². The number of imidazole rings is 1. The highest BCUT2D eigenvalue weighted by atomic mass is 16.5. The van der Waals surface area contributed by atoms with Crippen LogP contribution in [0.1, 0.15) is 11.8 Å². The van der Waals surface area contributed by atoms with Gasteiger partial charge in [0.15, 0.2) is 12.1 Å². The number of nitrogens with two attached hydrogens (primary N) is 1. The van der Waals surface area contributed by atoms with Gasteiger partial charge in [-0.2, -0.15) is 0 Å². The van der Waals surface area contributed by atoms with Crippen LogP contribution < -0.4 is 5.73 Å². The number of nitrogens with zero attached hydrogens (tertiary/aromatic N) is 4. The minimum absolute atomic E-state index is 0.192. The van der Waals surface area contributed by atoms with E-state index < -0.39 is 6.23 Å². The summed E-state index contributed by atoms with van der Waals surface area (Å²) in [6, 6.07) is 6.70. The highest BCUT2D eigenvalue weighted by Crippen LogP contribution is 2.28. The molecule has 2 heterocycles. The number of ether oxygens (including phenoxy) is 1. The zero-order chi connectivity index (χ0) is 14.1. The average molecular weight is 271 g/mol. The molecule has 2 aliphatic heterocycles. The molecule has 3 rings (SSSR count). The monoisotopic (exact) mass is 271 g/mol. The minimum atomic E-state index is -0.454. The number of aromatic nitrogens is 4. The van der Waals surface area contributed by atoms with Crippen molar-refractivity contribution in [3.05, 3.63) is 42.5 Å². The Morgan fingerprint density at radius 1 is 1.20 bits per heavy atom. The summed E-state index contributed by atoms with van der Waals surface area (Å²) in [6.45, 7) is 0. The van der Waals surface area contributed by atoms with Crippen molar-refractivity contribution in [3.8, 4) is 17.3 Å². The molecule has 7 heteroatoms. The Bertz CT molecular complexity index is 695. The second-order valence-electron chi connectivity index (χ2n) is 4.26. The first-order valence-corrected chi connectivity index (χ1v) is 5.95. The molecule has 3 N–H and O–H groups in total. The van der Waals surface area contributed by atoms with Crippen LogP contribution in [0.25, 0.3) is 11.5 Å². The molecule has 1 aromatic rings. The maximum atomic E-state index is 9.35. The van der Waals surface area contributed by atoms with Gasteiger partial charge in [0.1, 0.15) is 29.9 Å². The van der Waals surface area contributed by atoms with Crippen molar-refractivity contribution in [2.75, 3.05) is 12.8 Å². The number of hydrogen-bond acceptors (Lipinski definition) is 6. The predicted molar refractivity (Wildman–Crippen MR) is 72.1 cm³/mol. The molecule has 7 nitrogen and oxygen atoms in total. The van der Waals surface area contributed by atoms with Crippen LogP contribution in [0.3, 0.4) is 0 Å². The highest BCUT2D eigenvalue weighted by molar-refractivity contribution is 5.64. The maximum absolute atomic E-state index is 9.35. The van der Waals surface area contributed by atoms with Crippen LogP contribution >= 0.6 is 0 Å². The third kappa shape index (κ3) is 1.94. The topological polar surface area (TPSA) is 99.1 Å². The molecular formula is C13H13N5O2. The molecular weight excluding hydrogens is 258 g/mol. The lowest BCUT2D eigenvalue weighted by atomic mass is 10.2. The molecule has 2 aliphatic rings. The number of phenols is 1. The average Bonchev–Trinajstić information content (AvgIpc) is 2.93. The van der Waals surface area contributed by atoms with Gasteiger partial charge in [0.05, 0.1) is 0 Å². The van der Waals surface area contributed by atoms with Crippen molar-refractivity contribution in [2.24, 2.45) is 0 Å². The summed E-state index contributed by atoms with van der Waals surface area (Å²) in [5.74, 6) is 1.11. The standard InChI is InChI=1S/C13H13N5O2/c1-20-13(8-2-4-9(19)5-3-8)18-7-17-12-10(11(18)14)15-6-16-12/h2-7,13,19H,14H2,1H3. The van der Waals surface area contributed by atoms with Crippen molar-refractivity contribution >= 4 is 5.82 Å². The van der Waals surface area contributed by atoms with Crippen molar-refractivity contribution < 1.29 is 9.84 Å². The highest BCUT2D eigenvalue weighted by Gasteiger charge is 2.20. The van der Waals surface area contributed by atoms with Gasteiger partial charge in [-0.05, 0) is 12.1 Å². The number of fused-ring (bicyclic) bond motifs is 1. The van der Waals surface area contributed by atoms with Crippen molar-refractivity contribution in [1.82, 2.24) is 19.5 Å². The predicted octanol–water partition coefficient (Wildman–Crippen LogP) is 1.26. The SMILES string of the molecule is COC(c1ccc(O)cc1)n1cnc2ncnc-2c1N. The number of phenolic OH excluding ortho intramolecular Hbond substituents is 1. The van der Waals surface area contributed by atoms with Gasteiger partial charge in [0.25, 0.3) is 0 Å². The van der Waals surface area contributed by atoms with Crippen LogP contribution in [-0.2, 0) is 4.74 Å². The fraction of sp³-hybridized carbons (Fsp3) is 0.154. The Hall–Kier alpha value is -2.67. The summed E-state index contributed by atoms with van der Waals surface area (Å²) in [6.07, 6.45) is 2.53. The van der Waals surface area contributed by atoms with Gasteiger partial charge >= 0.3 is 0 Å². The maximum Gasteiger partial charge on any atom is 0.184 e. The summed E-state index contributed by atoms with van der Waals surface area (Å²) < 4.78 is 7.15. The first-order chi connectivity index (χ1) is 9.70. The third-order valence-electron chi connectivity index (χ3n) is 3.06. The van der Waals surface area contributed by atoms with E-state index in [0.29, 0.717) is 17.3 Å². The van der Waals surface area contributed by atoms with Crippen molar-refractivity contribution in [1.29, 1.82) is 0 Å². The first kappa shape index (κ1) is 12.4. The van der Waals surface area contributed by atoms with Crippen molar-refractivity contribution in [2.45, 2.75) is 6.23 Å². The van der Waals surface area contributed by atoms with E-state index in [1.807, 2.05) is 0 Å². The number of benzene rings is 1. The second kappa shape index (κ2) is 4.78. The fourth-order valence-electron chi connectivity index (χ4n) is 2.07. The molecule has 0 saturated carbocycles. The van der Waals surface area contributed by atoms with Crippen LogP contribution in [0.2, 0.25) is 0 Å². The third-order valence-corrected chi connectivity index (χ3v) is 3.06. The number of hydrogen-bond donors (Lipinski definition) is 2. The van der Waals surface area contributed by atoms with Gasteiger partial charge in [-0.25, -0.2) is 15.0 Å². The first-order valence-electron chi connectivity index (χ1n) is 5.95. The molecule has 0 aliphatic carbocycles. The summed E-state index contributed by atoms with van der Waals surface area (Å²) in [7, 11) is 1.57. The van der Waals surface area contributed by atoms with Crippen LogP contribution in [-0.4, -0.2) is 31.7 Å². The number of anilines is 1. The normalized spacial score (nSPS) is 12.7. The molecule has 0 amide bonds. The summed E-state index contributed by atoms with van der Waals surface area (Å²) in [5, 5.41) is 9.35. The smallest absolute Gasteiger partial charge is 0.184 e. The van der Waals surface area contributed by atoms with Gasteiger partial charge in [-0.3, -0.25) is 4.57 Å². The lowest BCUT2D eigenvalue weighted by Gasteiger charge is -2.22. The zero-order valence-corrected chi connectivity index (χ0v) is 10.8. The van der Waals surface area contributed by atoms with Gasteiger partial charge in [-0.15, -0.1) is 0 Å². The molecule has 20 heavy (non-hydrogen) atoms. The molecule has 0 aromatic heterocycles. The summed E-state index contributed by atoms with van der Waals surface area (Å²) >= 11 is 0. The fourth-order valence-corrected chi connectivity index (χ4v) is 2.07. The van der Waals surface area contributed by atoms with E-state index in [1.54, 1.807) is 42.3 Å². The molecule has 0 bridgehead atoms. The molecule has 0 radical (unpaired) electrons. The Balaban J connectivity index is 2.10. The van der Waals surface area contributed by atoms with E-state index in [0.717, 1.165) is 5.56 Å². The molecule has 0 spiro atoms. The zero-order valence-electron chi connectivity index (χ0n) is 10.8. The lowest BCUT2D eigenvalue weighted by molar-refractivity contribution is 0.0790. The van der Waals surface area contributed by atoms with E-state index in [1.165, 1.54) is 6.33 Å². The molecule has 102 valence electrons. The Kier molecular flexibility index (Phi) is 2.96. The lowest BCUT2D eigenvalue weighted by Crippen LogP contribution is -2.18. The Morgan fingerprint density at radius 2 is 1.95 bits per heavy atom. The van der Waals surface area contributed by atoms with Gasteiger partial charge in [0.2, 0.25) is 0 Å². The number of rotatable bonds is 3. The van der Waals surface area contributed by atoms with E-state index in [9.17, 15) is 5.11 Å². The van der Waals surface area contributed by atoms with E-state index in [2.05, 4.69) is 15.0 Å². The van der Waals surface area contributed by atoms with Gasteiger partial charge in [0, 0.05) is 12.7 Å². The van der Waals surface area contributed by atoms with Gasteiger partial charge in [-0.1, -0.05) is 12.1 Å². The van der Waals surface area contributed by atoms with Gasteiger partial charge < -0.3 is 15.6 Å². The Morgan fingerprint density at radius 3 is 2.65 bits per heavy atom. The number of aromatic hydroxyl groups is 1. The summed E-state index contributed by atoms with van der Waals surface area (Å²) in [4.78, 5) is 12.3. The Labute approximate surface area is 115 Å². The number of nitrogen functional groups attached to an aromatic ring is 1. The molecule has 0 fully saturated rings. The van der Waals surface area contributed by atoms with Crippen LogP contribution in [0.5, 0.6) is 5.75 Å². The molecule has 1 atom stereocenters. The van der Waals surface area contributed by atoms with E-state index in [4.69, 9.17) is 10.5 Å². The molecule has 1 aromatic carbocycles. The van der Waals surface area contributed by atoms with Crippen LogP contribution in [0.15, 0.2) is 36.9 Å². The van der Waals surface area contributed by atoms with Crippen LogP contribution in [0, 0.1) is 0 Å².